The van der Waals surface area contributed by atoms with Crippen LogP contribution in [0.5, 0.6) is 0 Å². The monoisotopic (exact) mass is 362 g/mol. The van der Waals surface area contributed by atoms with E-state index in [9.17, 15) is 18.3 Å². The summed E-state index contributed by atoms with van der Waals surface area (Å²) in [5.74, 6) is 0. The lowest BCUT2D eigenvalue weighted by Gasteiger charge is -1.95. The molecule has 6 nitrogen and oxygen atoms in total. The van der Waals surface area contributed by atoms with Crippen LogP contribution in [0.4, 0.5) is 0 Å². The molecule has 0 N–H and O–H groups in total. The van der Waals surface area contributed by atoms with Gasteiger partial charge in [0.1, 0.15) is 8.62 Å². The Morgan fingerprint density at radius 1 is 0.600 bits per heavy atom. The van der Waals surface area contributed by atoms with Crippen LogP contribution in [-0.2, 0) is 26.9 Å². The van der Waals surface area contributed by atoms with Gasteiger partial charge in [-0.2, -0.15) is 0 Å². The molecule has 0 saturated carbocycles. The Morgan fingerprint density at radius 2 is 0.900 bits per heavy atom. The Hall–Kier alpha value is 0.320. The van der Waals surface area contributed by atoms with Crippen LogP contribution in [0.1, 0.15) is 38.5 Å². The minimum atomic E-state index is -1.78. The van der Waals surface area contributed by atoms with Crippen molar-refractivity contribution in [2.45, 2.75) is 38.5 Å². The predicted octanol–water partition coefficient (Wildman–Crippen LogP) is 5.59. The fraction of sp³-hybridized carbons (Fsp3) is 1.00. The van der Waals surface area contributed by atoms with Gasteiger partial charge in [-0.05, 0) is 43.9 Å². The third-order valence-electron chi connectivity index (χ3n) is 2.34. The summed E-state index contributed by atoms with van der Waals surface area (Å²) < 4.78 is 53.2. The second-order valence-electron chi connectivity index (χ2n) is 4.28. The Balaban J connectivity index is 3.33. The quantitative estimate of drug-likeness (QED) is 0.314. The average molecular weight is 362 g/mol. The third kappa shape index (κ3) is 14.7. The van der Waals surface area contributed by atoms with Crippen molar-refractivity contribution in [3.8, 4) is 0 Å². The van der Waals surface area contributed by atoms with Crippen LogP contribution in [-0.4, -0.2) is 25.7 Å². The summed E-state index contributed by atoms with van der Waals surface area (Å²) in [6.45, 7) is 2.79. The van der Waals surface area contributed by atoms with E-state index in [0.29, 0.717) is 12.3 Å². The van der Waals surface area contributed by atoms with Crippen molar-refractivity contribution in [1.82, 2.24) is 0 Å². The summed E-state index contributed by atoms with van der Waals surface area (Å²) in [5, 5.41) is 0. The molecule has 4 unspecified atom stereocenters. The molecule has 0 spiro atoms. The van der Waals surface area contributed by atoms with Gasteiger partial charge in [0.25, 0.3) is 0 Å². The van der Waals surface area contributed by atoms with E-state index in [2.05, 4.69) is 0 Å². The molecule has 0 heterocycles. The van der Waals surface area contributed by atoms with E-state index in [-0.39, 0.29) is 0 Å². The Bertz CT molecular complexity index is 326. The topological polar surface area (TPSA) is 86.7 Å². The molecule has 0 radical (unpaired) electrons. The SMILES string of the molecule is C[P+](=O)O[P+](=O)CCCCCCCC[P+](=O)O[P+](C)=O. The molecule has 0 aromatic rings. The molecular weight excluding hydrogens is 340 g/mol. The molecule has 114 valence electrons. The van der Waals surface area contributed by atoms with Gasteiger partial charge in [0.05, 0.1) is 0 Å². The molecule has 0 aliphatic heterocycles. The zero-order valence-corrected chi connectivity index (χ0v) is 15.5. The second kappa shape index (κ2) is 13.0. The first-order chi connectivity index (χ1) is 9.41. The molecule has 0 aromatic heterocycles. The minimum absolute atomic E-state index is 0.452. The summed E-state index contributed by atoms with van der Waals surface area (Å²) in [7, 11) is -7.12. The fourth-order valence-corrected chi connectivity index (χ4v) is 5.20. The first-order valence-corrected chi connectivity index (χ1v) is 12.5. The second-order valence-corrected chi connectivity index (χ2v) is 9.57. The molecular formula is C10H22O6P4+4. The molecule has 10 heteroatoms. The summed E-state index contributed by atoms with van der Waals surface area (Å²) in [4.78, 5) is 0. The maximum Gasteiger partial charge on any atom is 0.561 e. The highest BCUT2D eigenvalue weighted by Crippen LogP contribution is 2.37. The Kier molecular flexibility index (Phi) is 13.2. The molecule has 0 fully saturated rings. The van der Waals surface area contributed by atoms with Gasteiger partial charge in [-0.25, -0.2) is 0 Å². The molecule has 0 rings (SSSR count). The van der Waals surface area contributed by atoms with Crippen LogP contribution < -0.4 is 0 Å². The molecule has 0 amide bonds. The van der Waals surface area contributed by atoms with Gasteiger partial charge in [-0.1, -0.05) is 12.8 Å². The third-order valence-corrected chi connectivity index (χ3v) is 7.00. The highest BCUT2D eigenvalue weighted by Gasteiger charge is 2.29. The van der Waals surface area contributed by atoms with Crippen molar-refractivity contribution < 1.29 is 26.9 Å². The summed E-state index contributed by atoms with van der Waals surface area (Å²) >= 11 is 0. The zero-order chi connectivity index (χ0) is 15.4. The van der Waals surface area contributed by atoms with Crippen molar-refractivity contribution >= 4 is 32.1 Å². The number of unbranched alkanes of at least 4 members (excludes halogenated alkanes) is 5. The standard InChI is InChI=1S/C10H22O6P4/c1-17(11)15-19(13)9-7-5-3-4-6-8-10-20(14)16-18(2)12/h3-10H2,1-2H3/q+4. The first kappa shape index (κ1) is 20.3. The summed E-state index contributed by atoms with van der Waals surface area (Å²) in [6, 6.07) is 0. The van der Waals surface area contributed by atoms with Gasteiger partial charge in [0.15, 0.2) is 25.7 Å². The van der Waals surface area contributed by atoms with Crippen LogP contribution in [0.15, 0.2) is 0 Å². The van der Waals surface area contributed by atoms with Gasteiger partial charge < -0.3 is 0 Å². The Morgan fingerprint density at radius 3 is 1.20 bits per heavy atom. The van der Waals surface area contributed by atoms with E-state index < -0.39 is 32.1 Å². The van der Waals surface area contributed by atoms with Gasteiger partial charge in [0, 0.05) is 0 Å². The van der Waals surface area contributed by atoms with Crippen LogP contribution in [0.3, 0.4) is 0 Å². The average Bonchev–Trinajstić information content (AvgIpc) is 2.30. The van der Waals surface area contributed by atoms with E-state index in [0.717, 1.165) is 38.5 Å². The highest BCUT2D eigenvalue weighted by atomic mass is 31.2. The predicted molar refractivity (Wildman–Crippen MR) is 81.9 cm³/mol. The van der Waals surface area contributed by atoms with E-state index in [1.165, 1.54) is 13.3 Å². The zero-order valence-electron chi connectivity index (χ0n) is 11.9. The smallest absolute Gasteiger partial charge is 0.0531 e. The number of rotatable bonds is 13. The fourth-order valence-electron chi connectivity index (χ4n) is 1.53. The van der Waals surface area contributed by atoms with Crippen LogP contribution >= 0.6 is 32.1 Å². The van der Waals surface area contributed by atoms with Crippen molar-refractivity contribution in [3.05, 3.63) is 0 Å². The normalized spacial score (nSPS) is 13.9. The minimum Gasteiger partial charge on any atom is -0.0531 e. The summed E-state index contributed by atoms with van der Waals surface area (Å²) in [6.07, 6.45) is 6.43. The van der Waals surface area contributed by atoms with E-state index in [1.807, 2.05) is 0 Å². The van der Waals surface area contributed by atoms with Gasteiger partial charge in [0.2, 0.25) is 0 Å². The van der Waals surface area contributed by atoms with Crippen LogP contribution in [0, 0.1) is 0 Å². The van der Waals surface area contributed by atoms with E-state index in [1.54, 1.807) is 0 Å². The molecule has 0 aliphatic carbocycles. The molecule has 0 aliphatic rings. The Labute approximate surface area is 123 Å². The van der Waals surface area contributed by atoms with Crippen LogP contribution in [0.2, 0.25) is 0 Å². The largest absolute Gasteiger partial charge is 0.561 e. The van der Waals surface area contributed by atoms with E-state index in [4.69, 9.17) is 8.62 Å². The lowest BCUT2D eigenvalue weighted by atomic mass is 10.1. The van der Waals surface area contributed by atoms with Crippen molar-refractivity contribution in [2.75, 3.05) is 25.7 Å². The van der Waals surface area contributed by atoms with Crippen molar-refractivity contribution in [3.63, 3.8) is 0 Å². The molecule has 4 atom stereocenters. The molecule has 0 aromatic carbocycles. The maximum atomic E-state index is 11.2. The molecule has 20 heavy (non-hydrogen) atoms. The van der Waals surface area contributed by atoms with Gasteiger partial charge in [-0.15, -0.1) is 0 Å². The lowest BCUT2D eigenvalue weighted by molar-refractivity contribution is 0.485. The molecule has 0 saturated heterocycles. The van der Waals surface area contributed by atoms with Crippen molar-refractivity contribution in [2.24, 2.45) is 0 Å². The summed E-state index contributed by atoms with van der Waals surface area (Å²) in [5.41, 5.74) is 0. The first-order valence-electron chi connectivity index (χ1n) is 6.49. The maximum absolute atomic E-state index is 11.2. The van der Waals surface area contributed by atoms with E-state index >= 15 is 0 Å². The molecule has 0 bridgehead atoms. The van der Waals surface area contributed by atoms with Gasteiger partial charge in [-0.3, -0.25) is 0 Å². The number of hydrogen-bond acceptors (Lipinski definition) is 6. The highest BCUT2D eigenvalue weighted by molar-refractivity contribution is 7.52. The van der Waals surface area contributed by atoms with Crippen LogP contribution in [0.25, 0.3) is 0 Å². The lowest BCUT2D eigenvalue weighted by Crippen LogP contribution is -1.85. The van der Waals surface area contributed by atoms with Gasteiger partial charge >= 0.3 is 32.1 Å². The van der Waals surface area contributed by atoms with Crippen molar-refractivity contribution in [1.29, 1.82) is 0 Å². The number of hydrogen-bond donors (Lipinski definition) is 0.